The Balaban J connectivity index is 1.72. The molecular weight excluding hydrogens is 520 g/mol. The number of carbonyl (C=O) groups is 3. The highest BCUT2D eigenvalue weighted by Crippen LogP contribution is 2.48. The van der Waals surface area contributed by atoms with Crippen molar-refractivity contribution in [3.8, 4) is 0 Å². The number of aromatic amines is 3. The van der Waals surface area contributed by atoms with E-state index in [4.69, 9.17) is 0 Å². The average molecular weight is 555 g/mol. The summed E-state index contributed by atoms with van der Waals surface area (Å²) in [4.78, 5) is 48.4. The van der Waals surface area contributed by atoms with Gasteiger partial charge in [0.2, 0.25) is 0 Å². The predicted molar refractivity (Wildman–Crippen MR) is 155 cm³/mol. The monoisotopic (exact) mass is 554 g/mol. The molecule has 3 aromatic rings. The van der Waals surface area contributed by atoms with Gasteiger partial charge < -0.3 is 30.5 Å². The van der Waals surface area contributed by atoms with Crippen molar-refractivity contribution < 1.29 is 24.6 Å². The normalized spacial score (nSPS) is 25.7. The zero-order valence-electron chi connectivity index (χ0n) is 24.0. The summed E-state index contributed by atoms with van der Waals surface area (Å²) >= 11 is 0. The van der Waals surface area contributed by atoms with Crippen molar-refractivity contribution in [3.63, 3.8) is 0 Å². The first-order chi connectivity index (χ1) is 19.4. The highest BCUT2D eigenvalue weighted by Gasteiger charge is 2.48. The summed E-state index contributed by atoms with van der Waals surface area (Å²) in [6.07, 6.45) is 6.35. The molecule has 1 saturated heterocycles. The van der Waals surface area contributed by atoms with Crippen LogP contribution in [0.25, 0.3) is 23.8 Å². The number of hydrogen-bond acceptors (Lipinski definition) is 4. The fourth-order valence-electron chi connectivity index (χ4n) is 6.64. The van der Waals surface area contributed by atoms with Gasteiger partial charge in [-0.1, -0.05) is 6.92 Å². The maximum Gasteiger partial charge on any atom is 0.319 e. The van der Waals surface area contributed by atoms with Crippen molar-refractivity contribution in [3.05, 3.63) is 78.2 Å². The van der Waals surface area contributed by atoms with E-state index in [0.717, 1.165) is 55.7 Å². The van der Waals surface area contributed by atoms with Crippen LogP contribution in [-0.2, 0) is 9.59 Å². The van der Waals surface area contributed by atoms with E-state index in [1.807, 2.05) is 32.9 Å². The Morgan fingerprint density at radius 2 is 1.39 bits per heavy atom. The van der Waals surface area contributed by atoms with Crippen LogP contribution in [0.4, 0.5) is 0 Å². The fraction of sp³-hybridized carbons (Fsp3) is 0.344. The highest BCUT2D eigenvalue weighted by molar-refractivity contribution is 6.24. The number of nitrogens with one attached hydrogen (secondary N) is 4. The molecule has 0 radical (unpaired) electrons. The third kappa shape index (κ3) is 3.94. The van der Waals surface area contributed by atoms with E-state index in [2.05, 4.69) is 47.1 Å². The van der Waals surface area contributed by atoms with Crippen LogP contribution in [0.5, 0.6) is 0 Å². The van der Waals surface area contributed by atoms with E-state index < -0.39 is 23.6 Å². The highest BCUT2D eigenvalue weighted by atomic mass is 16.4. The van der Waals surface area contributed by atoms with Crippen LogP contribution < -0.4 is 16.0 Å². The minimum atomic E-state index is -1.37. The minimum Gasteiger partial charge on any atom is -0.481 e. The second-order valence-corrected chi connectivity index (χ2v) is 11.6. The molecule has 6 rings (SSSR count). The van der Waals surface area contributed by atoms with Crippen molar-refractivity contribution in [2.45, 2.75) is 54.4 Å². The first kappa shape index (κ1) is 26.7. The molecule has 6 N–H and O–H groups in total. The van der Waals surface area contributed by atoms with Crippen molar-refractivity contribution in [1.82, 2.24) is 20.3 Å². The van der Waals surface area contributed by atoms with E-state index in [0.29, 0.717) is 34.5 Å². The van der Waals surface area contributed by atoms with Gasteiger partial charge in [0.15, 0.2) is 5.78 Å². The van der Waals surface area contributed by atoms with E-state index in [1.54, 1.807) is 0 Å². The Morgan fingerprint density at radius 3 is 1.98 bits per heavy atom. The van der Waals surface area contributed by atoms with Crippen LogP contribution >= 0.6 is 0 Å². The van der Waals surface area contributed by atoms with Crippen molar-refractivity contribution in [2.24, 2.45) is 17.8 Å². The lowest BCUT2D eigenvalue weighted by Gasteiger charge is -2.18. The Morgan fingerprint density at radius 1 is 0.805 bits per heavy atom. The average Bonchev–Trinajstić information content (AvgIpc) is 3.63. The third-order valence-corrected chi connectivity index (χ3v) is 9.46. The van der Waals surface area contributed by atoms with E-state index in [1.165, 1.54) is 0 Å². The molecule has 0 amide bonds. The Hall–Kier alpha value is -4.53. The summed E-state index contributed by atoms with van der Waals surface area (Å²) in [5.41, 5.74) is 10.4. The first-order valence-corrected chi connectivity index (χ1v) is 13.9. The minimum absolute atomic E-state index is 0.0740. The molecule has 5 heterocycles. The lowest BCUT2D eigenvalue weighted by atomic mass is 9.85. The number of H-pyrrole nitrogens is 3. The number of rotatable bonds is 4. The van der Waals surface area contributed by atoms with Gasteiger partial charge in [-0.15, -0.1) is 0 Å². The van der Waals surface area contributed by atoms with Crippen molar-refractivity contribution in [2.75, 3.05) is 0 Å². The van der Waals surface area contributed by atoms with Gasteiger partial charge in [-0.25, -0.2) is 0 Å². The maximum atomic E-state index is 13.7. The van der Waals surface area contributed by atoms with E-state index >= 15 is 0 Å². The van der Waals surface area contributed by atoms with Crippen LogP contribution in [0.3, 0.4) is 0 Å². The number of fused-ring (bicyclic) bond motifs is 7. The van der Waals surface area contributed by atoms with Gasteiger partial charge in [-0.05, 0) is 87.1 Å². The number of Topliss-reactive ketones (excluding diaryl/α,β-unsaturated/α-hetero) is 1. The summed E-state index contributed by atoms with van der Waals surface area (Å²) in [5, 5.41) is 25.1. The Kier molecular flexibility index (Phi) is 6.02. The molecule has 9 nitrogen and oxygen atoms in total. The van der Waals surface area contributed by atoms with Crippen molar-refractivity contribution in [1.29, 1.82) is 0 Å². The summed E-state index contributed by atoms with van der Waals surface area (Å²) in [6, 6.07) is 0. The standard InChI is InChI=1S/C32H34N4O5/c1-12-14(3)21-10-23-16(5)18(7-8-25(37)38)29(35-23)27-28(32(40)41)31(39)26-17(6)24(36-30(26)27)11-22-15(4)13(2)20(34-22)9-19(12)33-21/h9-11,16,18,28,33-36H,7-8H2,1-6H3,(H,37,38)(H,40,41)/b20-9-,22-11-,23-10-,29-27-/t16-,18-,28+/m0/s1. The van der Waals surface area contributed by atoms with Crippen LogP contribution in [0, 0.1) is 52.4 Å². The second kappa shape index (κ2) is 9.26. The number of aliphatic carboxylic acids is 2. The molecule has 0 saturated carbocycles. The molecule has 3 atom stereocenters. The van der Waals surface area contributed by atoms with Gasteiger partial charge in [0, 0.05) is 68.6 Å². The molecule has 9 heteroatoms. The summed E-state index contributed by atoms with van der Waals surface area (Å²) in [5.74, 6) is -4.41. The SMILES string of the molecule is Cc1c2[nH]c(c1C)/C=c1\[nH]/c(c(C)c1C)=C\c1[nH]c3c(c1C)C(=O)[C@H](C(=O)O)/C3=C1/N/C(=C\2)[C@@H](C)[C@@H]1CCC(=O)O. The molecule has 41 heavy (non-hydrogen) atoms. The Bertz CT molecular complexity index is 1880. The van der Waals surface area contributed by atoms with Gasteiger partial charge in [0.25, 0.3) is 0 Å². The fourth-order valence-corrected chi connectivity index (χ4v) is 6.64. The molecule has 212 valence electrons. The molecule has 0 aromatic carbocycles. The first-order valence-electron chi connectivity index (χ1n) is 13.9. The van der Waals surface area contributed by atoms with Crippen LogP contribution in [-0.4, -0.2) is 42.9 Å². The van der Waals surface area contributed by atoms with Gasteiger partial charge in [-0.3, -0.25) is 14.4 Å². The van der Waals surface area contributed by atoms with E-state index in [9.17, 15) is 24.6 Å². The largest absolute Gasteiger partial charge is 0.481 e. The molecular formula is C32H34N4O5. The smallest absolute Gasteiger partial charge is 0.319 e. The van der Waals surface area contributed by atoms with Gasteiger partial charge in [0.05, 0.1) is 5.69 Å². The summed E-state index contributed by atoms with van der Waals surface area (Å²) < 4.78 is 0. The van der Waals surface area contributed by atoms with E-state index in [-0.39, 0.29) is 18.3 Å². The predicted octanol–water partition coefficient (Wildman–Crippen LogP) is 3.55. The Labute approximate surface area is 236 Å². The molecule has 2 aliphatic heterocycles. The number of carboxylic acid groups (broad SMARTS) is 2. The number of aromatic nitrogens is 3. The molecule has 1 fully saturated rings. The van der Waals surface area contributed by atoms with Gasteiger partial charge in [0.1, 0.15) is 5.92 Å². The van der Waals surface area contributed by atoms with Crippen LogP contribution in [0.15, 0.2) is 11.4 Å². The number of ketones is 1. The molecule has 0 unspecified atom stereocenters. The molecule has 1 aliphatic carbocycles. The third-order valence-electron chi connectivity index (χ3n) is 9.46. The molecule has 3 aromatic heterocycles. The molecule has 0 spiro atoms. The van der Waals surface area contributed by atoms with Crippen molar-refractivity contribution >= 4 is 41.5 Å². The zero-order chi connectivity index (χ0) is 29.5. The van der Waals surface area contributed by atoms with Gasteiger partial charge >= 0.3 is 11.9 Å². The lowest BCUT2D eigenvalue weighted by molar-refractivity contribution is -0.139. The molecule has 8 bridgehead atoms. The second-order valence-electron chi connectivity index (χ2n) is 11.6. The number of carbonyl (C=O) groups excluding carboxylic acids is 1. The quantitative estimate of drug-likeness (QED) is 0.272. The topological polar surface area (TPSA) is 151 Å². The zero-order valence-corrected chi connectivity index (χ0v) is 24.0. The van der Waals surface area contributed by atoms with Gasteiger partial charge in [-0.2, -0.15) is 0 Å². The molecule has 3 aliphatic rings. The summed E-state index contributed by atoms with van der Waals surface area (Å²) in [6.45, 7) is 12.1. The summed E-state index contributed by atoms with van der Waals surface area (Å²) in [7, 11) is 0. The number of allylic oxidation sites excluding steroid dienone is 2. The van der Waals surface area contributed by atoms with Crippen LogP contribution in [0.2, 0.25) is 0 Å². The number of carboxylic acids is 2. The maximum absolute atomic E-state index is 13.7. The van der Waals surface area contributed by atoms with Crippen LogP contribution in [0.1, 0.15) is 80.7 Å². The number of hydrogen-bond donors (Lipinski definition) is 6. The lowest BCUT2D eigenvalue weighted by Crippen LogP contribution is -2.23.